The molecule has 258 valence electrons. The van der Waals surface area contributed by atoms with Crippen molar-refractivity contribution in [2.24, 2.45) is 0 Å². The van der Waals surface area contributed by atoms with Crippen LogP contribution in [0.2, 0.25) is 0 Å². The molecule has 5 aromatic rings. The molecule has 6 nitrogen and oxygen atoms in total. The van der Waals surface area contributed by atoms with Crippen LogP contribution >= 0.6 is 0 Å². The fraction of sp³-hybridized carbons (Fsp3) is 0.205. The zero-order valence-corrected chi connectivity index (χ0v) is 26.7. The van der Waals surface area contributed by atoms with Crippen LogP contribution in [0.5, 0.6) is 0 Å². The Bertz CT molecular complexity index is 1840. The molecule has 0 bridgehead atoms. The van der Waals surface area contributed by atoms with Crippen molar-refractivity contribution in [3.05, 3.63) is 172 Å². The van der Waals surface area contributed by atoms with Crippen LogP contribution in [0.3, 0.4) is 0 Å². The van der Waals surface area contributed by atoms with Crippen molar-refractivity contribution >= 4 is 11.6 Å². The Balaban J connectivity index is 1.24. The summed E-state index contributed by atoms with van der Waals surface area (Å²) in [5.41, 5.74) is 2.97. The van der Waals surface area contributed by atoms with Crippen molar-refractivity contribution < 1.29 is 41.3 Å². The lowest BCUT2D eigenvalue weighted by molar-refractivity contribution is -0.253. The molecular weight excluding hydrogens is 655 g/mol. The predicted molar refractivity (Wildman–Crippen MR) is 176 cm³/mol. The molecule has 5 aromatic carbocycles. The first kappa shape index (κ1) is 34.9. The molecule has 3 atom stereocenters. The number of anilines is 1. The quantitative estimate of drug-likeness (QED) is 0.0830. The number of aliphatic hydroxyl groups excluding tert-OH is 1. The molecule has 6 rings (SSSR count). The largest absolute Gasteiger partial charge is 0.392 e. The summed E-state index contributed by atoms with van der Waals surface area (Å²) in [5.74, 6) is -12.7. The average molecular weight is 689 g/mol. The van der Waals surface area contributed by atoms with E-state index in [0.29, 0.717) is 31.6 Å². The molecule has 0 saturated carbocycles. The van der Waals surface area contributed by atoms with Gasteiger partial charge in [-0.3, -0.25) is 9.69 Å². The molecule has 0 aliphatic carbocycles. The van der Waals surface area contributed by atoms with E-state index < -0.39 is 46.8 Å². The normalized spacial score (nSPS) is 17.5. The lowest BCUT2D eigenvalue weighted by Crippen LogP contribution is -2.39. The zero-order chi connectivity index (χ0) is 35.2. The number of halogens is 5. The minimum Gasteiger partial charge on any atom is -0.392 e. The summed E-state index contributed by atoms with van der Waals surface area (Å²) in [6.07, 6.45) is -0.996. The zero-order valence-electron chi connectivity index (χ0n) is 26.7. The van der Waals surface area contributed by atoms with Crippen molar-refractivity contribution in [1.29, 1.82) is 0 Å². The van der Waals surface area contributed by atoms with Gasteiger partial charge in [-0.05, 0) is 34.4 Å². The number of amides is 1. The SMILES string of the molecule is O=C(Nc1ccc([C@@H]2O[C@H](CN(Cc3ccccc3)Cc3ccccc3)C[C@H](c3ccc(CO)cc3)O2)cc1)c1c(F)c(F)c(F)c(F)c1F. The highest BCUT2D eigenvalue weighted by atomic mass is 19.2. The molecule has 0 spiro atoms. The number of benzene rings is 5. The van der Waals surface area contributed by atoms with Gasteiger partial charge in [0, 0.05) is 37.3 Å². The molecule has 1 aliphatic heterocycles. The van der Waals surface area contributed by atoms with Gasteiger partial charge in [-0.25, -0.2) is 22.0 Å². The molecule has 2 N–H and O–H groups in total. The second-order valence-electron chi connectivity index (χ2n) is 12.0. The second kappa shape index (κ2) is 15.7. The minimum atomic E-state index is -2.35. The summed E-state index contributed by atoms with van der Waals surface area (Å²) in [6.45, 7) is 1.81. The molecule has 1 amide bonds. The van der Waals surface area contributed by atoms with Crippen LogP contribution in [0.4, 0.5) is 27.6 Å². The molecule has 1 aliphatic rings. The fourth-order valence-corrected chi connectivity index (χ4v) is 5.91. The molecule has 50 heavy (non-hydrogen) atoms. The fourth-order valence-electron chi connectivity index (χ4n) is 5.91. The van der Waals surface area contributed by atoms with Gasteiger partial charge in [0.25, 0.3) is 5.91 Å². The molecule has 1 heterocycles. The van der Waals surface area contributed by atoms with Gasteiger partial charge in [-0.1, -0.05) is 97.1 Å². The van der Waals surface area contributed by atoms with Gasteiger partial charge in [-0.15, -0.1) is 0 Å². The van der Waals surface area contributed by atoms with Crippen LogP contribution in [0.15, 0.2) is 109 Å². The Morgan fingerprint density at radius 2 is 1.18 bits per heavy atom. The van der Waals surface area contributed by atoms with Crippen LogP contribution < -0.4 is 5.32 Å². The maximum atomic E-state index is 14.2. The number of carbonyl (C=O) groups excluding carboxylic acids is 1. The average Bonchev–Trinajstić information content (AvgIpc) is 3.14. The highest BCUT2D eigenvalue weighted by Gasteiger charge is 2.34. The third-order valence-corrected chi connectivity index (χ3v) is 8.45. The topological polar surface area (TPSA) is 71.0 Å². The molecule has 0 radical (unpaired) electrons. The van der Waals surface area contributed by atoms with E-state index in [1.165, 1.54) is 12.1 Å². The number of carbonyl (C=O) groups is 1. The number of nitrogens with one attached hydrogen (secondary N) is 1. The molecule has 0 unspecified atom stereocenters. The van der Waals surface area contributed by atoms with Crippen LogP contribution in [-0.2, 0) is 29.2 Å². The number of aliphatic hydroxyl groups is 1. The monoisotopic (exact) mass is 688 g/mol. The van der Waals surface area contributed by atoms with Crippen molar-refractivity contribution in [3.8, 4) is 0 Å². The molecule has 0 aromatic heterocycles. The Labute approximate surface area is 285 Å². The third kappa shape index (κ3) is 8.09. The minimum absolute atomic E-state index is 0.0445. The van der Waals surface area contributed by atoms with Gasteiger partial charge in [0.15, 0.2) is 29.6 Å². The van der Waals surface area contributed by atoms with Gasteiger partial charge in [0.2, 0.25) is 5.82 Å². The van der Waals surface area contributed by atoms with Crippen LogP contribution in [0, 0.1) is 29.1 Å². The van der Waals surface area contributed by atoms with E-state index in [9.17, 15) is 31.9 Å². The summed E-state index contributed by atoms with van der Waals surface area (Å²) >= 11 is 0. The van der Waals surface area contributed by atoms with Crippen LogP contribution in [0.1, 0.15) is 57.0 Å². The van der Waals surface area contributed by atoms with Crippen molar-refractivity contribution in [3.63, 3.8) is 0 Å². The maximum Gasteiger partial charge on any atom is 0.261 e. The van der Waals surface area contributed by atoms with Crippen molar-refractivity contribution in [1.82, 2.24) is 4.90 Å². The van der Waals surface area contributed by atoms with Gasteiger partial charge in [0.1, 0.15) is 5.56 Å². The van der Waals surface area contributed by atoms with E-state index in [2.05, 4.69) is 34.5 Å². The van der Waals surface area contributed by atoms with Gasteiger partial charge < -0.3 is 19.9 Å². The highest BCUT2D eigenvalue weighted by molar-refractivity contribution is 6.04. The van der Waals surface area contributed by atoms with Crippen molar-refractivity contribution in [2.45, 2.75) is 44.6 Å². The van der Waals surface area contributed by atoms with Crippen molar-refractivity contribution in [2.75, 3.05) is 11.9 Å². The Hall–Kier alpha value is -4.94. The number of hydrogen-bond donors (Lipinski definition) is 2. The van der Waals surface area contributed by atoms with Gasteiger partial charge >= 0.3 is 0 Å². The molecule has 11 heteroatoms. The lowest BCUT2D eigenvalue weighted by Gasteiger charge is -2.38. The third-order valence-electron chi connectivity index (χ3n) is 8.45. The summed E-state index contributed by atoms with van der Waals surface area (Å²) in [6, 6.07) is 33.7. The van der Waals surface area contributed by atoms with Gasteiger partial charge in [0.05, 0.1) is 18.8 Å². The number of hydrogen-bond acceptors (Lipinski definition) is 5. The predicted octanol–water partition coefficient (Wildman–Crippen LogP) is 8.37. The standard InChI is InChI=1S/C39H33F5N2O4/c40-33-32(34(41)36(43)37(44)35(33)42)38(48)45-29-17-15-28(16-18-29)39-49-30(19-31(50-39)27-13-11-26(23-47)12-14-27)22-46(20-24-7-3-1-4-8-24)21-25-9-5-2-6-10-25/h1-18,30-31,39,47H,19-23H2,(H,45,48)/t30-,31+,39+/m0/s1. The van der Waals surface area contributed by atoms with E-state index >= 15 is 0 Å². The molecular formula is C39H33F5N2O4. The number of ether oxygens (including phenoxy) is 2. The summed E-state index contributed by atoms with van der Waals surface area (Å²) in [7, 11) is 0. The van der Waals surface area contributed by atoms with E-state index in [-0.39, 0.29) is 24.5 Å². The first-order valence-corrected chi connectivity index (χ1v) is 15.9. The number of rotatable bonds is 11. The van der Waals surface area contributed by atoms with Gasteiger partial charge in [-0.2, -0.15) is 0 Å². The molecule has 1 saturated heterocycles. The van der Waals surface area contributed by atoms with E-state index in [1.807, 2.05) is 60.7 Å². The first-order valence-electron chi connectivity index (χ1n) is 15.9. The Morgan fingerprint density at radius 3 is 1.72 bits per heavy atom. The maximum absolute atomic E-state index is 14.2. The number of nitrogens with zero attached hydrogens (tertiary/aromatic N) is 1. The second-order valence-corrected chi connectivity index (χ2v) is 12.0. The summed E-state index contributed by atoms with van der Waals surface area (Å²) in [5, 5.41) is 11.7. The van der Waals surface area contributed by atoms with E-state index in [0.717, 1.165) is 22.3 Å². The Kier molecular flexibility index (Phi) is 11.0. The first-order chi connectivity index (χ1) is 24.2. The van der Waals surface area contributed by atoms with E-state index in [4.69, 9.17) is 9.47 Å². The van der Waals surface area contributed by atoms with E-state index in [1.54, 1.807) is 12.1 Å². The summed E-state index contributed by atoms with van der Waals surface area (Å²) in [4.78, 5) is 14.9. The van der Waals surface area contributed by atoms with Crippen LogP contribution in [-0.4, -0.2) is 28.6 Å². The summed E-state index contributed by atoms with van der Waals surface area (Å²) < 4.78 is 82.3. The lowest BCUT2D eigenvalue weighted by atomic mass is 9.99. The highest BCUT2D eigenvalue weighted by Crippen LogP contribution is 2.39. The van der Waals surface area contributed by atoms with Crippen LogP contribution in [0.25, 0.3) is 0 Å². The smallest absolute Gasteiger partial charge is 0.261 e. The Morgan fingerprint density at radius 1 is 0.660 bits per heavy atom. The molecule has 1 fully saturated rings.